The van der Waals surface area contributed by atoms with Crippen LogP contribution in [0.3, 0.4) is 0 Å². The highest BCUT2D eigenvalue weighted by Crippen LogP contribution is 2.27. The van der Waals surface area contributed by atoms with E-state index >= 15 is 0 Å². The quantitative estimate of drug-likeness (QED) is 0.611. The molecule has 0 spiro atoms. The van der Waals surface area contributed by atoms with Crippen molar-refractivity contribution in [1.29, 1.82) is 0 Å². The summed E-state index contributed by atoms with van der Waals surface area (Å²) < 4.78 is 14.1. The molecule has 1 amide bonds. The molecule has 3 heterocycles. The zero-order chi connectivity index (χ0) is 22.6. The van der Waals surface area contributed by atoms with Gasteiger partial charge in [0.05, 0.1) is 17.3 Å². The second kappa shape index (κ2) is 9.57. The van der Waals surface area contributed by atoms with Gasteiger partial charge in [0.25, 0.3) is 0 Å². The third-order valence-corrected chi connectivity index (χ3v) is 6.60. The molecule has 3 aromatic rings. The molecule has 0 radical (unpaired) electrons. The topological polar surface area (TPSA) is 52.6 Å². The number of nitrogens with zero attached hydrogens (tertiary/aromatic N) is 5. The highest BCUT2D eigenvalue weighted by Gasteiger charge is 2.32. The van der Waals surface area contributed by atoms with Gasteiger partial charge in [-0.05, 0) is 25.0 Å². The van der Waals surface area contributed by atoms with Crippen LogP contribution in [0.4, 0.5) is 15.9 Å². The van der Waals surface area contributed by atoms with Crippen molar-refractivity contribution in [2.75, 3.05) is 49.1 Å². The minimum absolute atomic E-state index is 0.0473. The number of benzene rings is 2. The number of anilines is 2. The van der Waals surface area contributed by atoms with Gasteiger partial charge < -0.3 is 14.7 Å². The monoisotopic (exact) mass is 445 g/mol. The predicted molar refractivity (Wildman–Crippen MR) is 128 cm³/mol. The van der Waals surface area contributed by atoms with Crippen LogP contribution in [0.15, 0.2) is 67.0 Å². The average Bonchev–Trinajstić information content (AvgIpc) is 2.89. The second-order valence-electron chi connectivity index (χ2n) is 8.68. The first-order valence-electron chi connectivity index (χ1n) is 11.6. The molecule has 33 heavy (non-hydrogen) atoms. The average molecular weight is 446 g/mol. The zero-order valence-corrected chi connectivity index (χ0v) is 18.6. The fraction of sp³-hybridized carbons (Fsp3) is 0.346. The summed E-state index contributed by atoms with van der Waals surface area (Å²) in [7, 11) is 0. The fourth-order valence-electron chi connectivity index (χ4n) is 4.81. The fourth-order valence-corrected chi connectivity index (χ4v) is 4.81. The number of amides is 1. The number of halogens is 1. The lowest BCUT2D eigenvalue weighted by atomic mass is 9.96. The van der Waals surface area contributed by atoms with E-state index in [-0.39, 0.29) is 17.6 Å². The molecule has 2 aliphatic rings. The van der Waals surface area contributed by atoms with Gasteiger partial charge in [-0.25, -0.2) is 14.4 Å². The first-order valence-corrected chi connectivity index (χ1v) is 11.6. The number of hydrogen-bond donors (Lipinski definition) is 0. The summed E-state index contributed by atoms with van der Waals surface area (Å²) in [6.45, 7) is 4.09. The Kier molecular flexibility index (Phi) is 6.19. The van der Waals surface area contributed by atoms with Gasteiger partial charge in [-0.1, -0.05) is 42.5 Å². The van der Waals surface area contributed by atoms with Crippen molar-refractivity contribution in [2.45, 2.75) is 12.8 Å². The van der Waals surface area contributed by atoms with Crippen molar-refractivity contribution in [2.24, 2.45) is 5.92 Å². The van der Waals surface area contributed by atoms with Crippen LogP contribution < -0.4 is 9.80 Å². The van der Waals surface area contributed by atoms with Crippen LogP contribution in [0.25, 0.3) is 11.3 Å². The van der Waals surface area contributed by atoms with E-state index in [1.165, 1.54) is 6.07 Å². The second-order valence-corrected chi connectivity index (χ2v) is 8.68. The molecule has 2 saturated heterocycles. The molecule has 7 heteroatoms. The number of carbonyl (C=O) groups excluding carboxylic acids is 1. The number of piperazine rings is 1. The van der Waals surface area contributed by atoms with E-state index in [4.69, 9.17) is 0 Å². The van der Waals surface area contributed by atoms with Crippen molar-refractivity contribution >= 4 is 17.4 Å². The molecule has 1 aromatic heterocycles. The van der Waals surface area contributed by atoms with Crippen molar-refractivity contribution < 1.29 is 9.18 Å². The van der Waals surface area contributed by atoms with Crippen molar-refractivity contribution in [3.8, 4) is 11.3 Å². The van der Waals surface area contributed by atoms with Crippen LogP contribution in [0.1, 0.15) is 12.8 Å². The number of piperidine rings is 1. The van der Waals surface area contributed by atoms with Crippen molar-refractivity contribution in [3.63, 3.8) is 0 Å². The SMILES string of the molecule is O=C(C1CCCN(c2cc(-c3ccccc3)ncn2)C1)N1CCN(c2ccccc2F)CC1. The minimum atomic E-state index is -0.208. The first-order chi connectivity index (χ1) is 16.2. The molecule has 2 fully saturated rings. The number of para-hydroxylation sites is 1. The maximum Gasteiger partial charge on any atom is 0.227 e. The molecule has 0 aliphatic carbocycles. The molecule has 1 atom stereocenters. The molecule has 2 aliphatic heterocycles. The normalized spacial score (nSPS) is 18.9. The minimum Gasteiger partial charge on any atom is -0.366 e. The van der Waals surface area contributed by atoms with E-state index in [0.29, 0.717) is 38.4 Å². The summed E-state index contributed by atoms with van der Waals surface area (Å²) in [5, 5.41) is 0. The summed E-state index contributed by atoms with van der Waals surface area (Å²) in [6.07, 6.45) is 3.45. The molecule has 2 aromatic carbocycles. The van der Waals surface area contributed by atoms with Crippen LogP contribution in [0.2, 0.25) is 0 Å². The smallest absolute Gasteiger partial charge is 0.227 e. The Labute approximate surface area is 193 Å². The van der Waals surface area contributed by atoms with E-state index in [0.717, 1.165) is 36.5 Å². The molecular formula is C26H28FN5O. The molecule has 6 nitrogen and oxygen atoms in total. The van der Waals surface area contributed by atoms with Gasteiger partial charge >= 0.3 is 0 Å². The number of hydrogen-bond acceptors (Lipinski definition) is 5. The number of aromatic nitrogens is 2. The summed E-state index contributed by atoms with van der Waals surface area (Å²) in [4.78, 5) is 28.4. The van der Waals surface area contributed by atoms with Crippen molar-refractivity contribution in [1.82, 2.24) is 14.9 Å². The van der Waals surface area contributed by atoms with Gasteiger partial charge in [-0.2, -0.15) is 0 Å². The molecular weight excluding hydrogens is 417 g/mol. The lowest BCUT2D eigenvalue weighted by Gasteiger charge is -2.40. The lowest BCUT2D eigenvalue weighted by molar-refractivity contribution is -0.136. The molecule has 0 N–H and O–H groups in total. The van der Waals surface area contributed by atoms with Gasteiger partial charge in [0.2, 0.25) is 5.91 Å². The van der Waals surface area contributed by atoms with Crippen LogP contribution in [0.5, 0.6) is 0 Å². The van der Waals surface area contributed by atoms with Gasteiger partial charge in [0.15, 0.2) is 0 Å². The van der Waals surface area contributed by atoms with E-state index in [9.17, 15) is 9.18 Å². The van der Waals surface area contributed by atoms with Gasteiger partial charge in [-0.3, -0.25) is 4.79 Å². The van der Waals surface area contributed by atoms with Crippen LogP contribution in [0, 0.1) is 11.7 Å². The Morgan fingerprint density at radius 1 is 0.879 bits per heavy atom. The Balaban J connectivity index is 1.23. The predicted octanol–water partition coefficient (Wildman–Crippen LogP) is 3.85. The third kappa shape index (κ3) is 4.67. The van der Waals surface area contributed by atoms with Crippen molar-refractivity contribution in [3.05, 3.63) is 72.8 Å². The highest BCUT2D eigenvalue weighted by atomic mass is 19.1. The largest absolute Gasteiger partial charge is 0.366 e. The summed E-state index contributed by atoms with van der Waals surface area (Å²) in [6, 6.07) is 18.9. The van der Waals surface area contributed by atoms with E-state index in [1.807, 2.05) is 52.3 Å². The first kappa shape index (κ1) is 21.4. The van der Waals surface area contributed by atoms with Gasteiger partial charge in [0, 0.05) is 50.9 Å². The summed E-state index contributed by atoms with van der Waals surface area (Å²) >= 11 is 0. The maximum absolute atomic E-state index is 14.1. The molecule has 0 bridgehead atoms. The standard InChI is InChI=1S/C26H28FN5O/c27-22-10-4-5-11-24(22)30-13-15-31(16-14-30)26(33)21-9-6-12-32(18-21)25-17-23(28-19-29-25)20-7-2-1-3-8-20/h1-5,7-8,10-11,17,19,21H,6,9,12-16,18H2. The Bertz CT molecular complexity index is 1100. The molecule has 1 unspecified atom stereocenters. The molecule has 170 valence electrons. The van der Waals surface area contributed by atoms with Gasteiger partial charge in [0.1, 0.15) is 18.0 Å². The Morgan fingerprint density at radius 3 is 2.42 bits per heavy atom. The van der Waals surface area contributed by atoms with Crippen LogP contribution in [-0.2, 0) is 4.79 Å². The third-order valence-electron chi connectivity index (χ3n) is 6.60. The van der Waals surface area contributed by atoms with E-state index in [2.05, 4.69) is 14.9 Å². The van der Waals surface area contributed by atoms with Crippen LogP contribution >= 0.6 is 0 Å². The van der Waals surface area contributed by atoms with E-state index < -0.39 is 0 Å². The number of carbonyl (C=O) groups is 1. The zero-order valence-electron chi connectivity index (χ0n) is 18.6. The molecule has 0 saturated carbocycles. The summed E-state index contributed by atoms with van der Waals surface area (Å²) in [5.41, 5.74) is 2.56. The number of rotatable bonds is 4. The Morgan fingerprint density at radius 2 is 1.64 bits per heavy atom. The highest BCUT2D eigenvalue weighted by molar-refractivity contribution is 5.80. The van der Waals surface area contributed by atoms with Gasteiger partial charge in [-0.15, -0.1) is 0 Å². The van der Waals surface area contributed by atoms with Crippen LogP contribution in [-0.4, -0.2) is 60.0 Å². The summed E-state index contributed by atoms with van der Waals surface area (Å²) in [5.74, 6) is 0.810. The lowest BCUT2D eigenvalue weighted by Crippen LogP contribution is -2.52. The van der Waals surface area contributed by atoms with E-state index in [1.54, 1.807) is 18.5 Å². The Hall–Kier alpha value is -3.48. The molecule has 5 rings (SSSR count). The maximum atomic E-state index is 14.1.